The average Bonchev–Trinajstić information content (AvgIpc) is 2.25. The van der Waals surface area contributed by atoms with Crippen LogP contribution >= 0.6 is 0 Å². The van der Waals surface area contributed by atoms with Crippen molar-refractivity contribution in [3.8, 4) is 0 Å². The Labute approximate surface area is 101 Å². The number of unbranched alkanes of at least 4 members (excludes halogenated alkanes) is 1. The molecule has 1 unspecified atom stereocenters. The summed E-state index contributed by atoms with van der Waals surface area (Å²) in [6, 6.07) is -0.239. The van der Waals surface area contributed by atoms with Gasteiger partial charge < -0.3 is 19.9 Å². The molecule has 100 valence electrons. The molecule has 0 saturated heterocycles. The van der Waals surface area contributed by atoms with Gasteiger partial charge in [-0.1, -0.05) is 0 Å². The quantitative estimate of drug-likeness (QED) is 0.464. The molecule has 1 amide bonds. The van der Waals surface area contributed by atoms with Crippen LogP contribution in [-0.4, -0.2) is 43.5 Å². The third-order valence-corrected chi connectivity index (χ3v) is 2.31. The Morgan fingerprint density at radius 3 is 2.18 bits per heavy atom. The van der Waals surface area contributed by atoms with Crippen molar-refractivity contribution in [2.75, 3.05) is 14.2 Å². The third kappa shape index (κ3) is 7.70. The van der Waals surface area contributed by atoms with E-state index in [0.29, 0.717) is 19.3 Å². The van der Waals surface area contributed by atoms with Gasteiger partial charge in [0.05, 0.1) is 6.04 Å². The molecule has 0 aromatic rings. The van der Waals surface area contributed by atoms with Crippen LogP contribution in [0.4, 0.5) is 0 Å². The topological polar surface area (TPSA) is 84.9 Å². The number of carboxylic acids is 1. The lowest BCUT2D eigenvalue weighted by Crippen LogP contribution is -2.42. The van der Waals surface area contributed by atoms with Gasteiger partial charge in [0.2, 0.25) is 5.91 Å². The number of methoxy groups -OCH3 is 2. The summed E-state index contributed by atoms with van der Waals surface area (Å²) in [6.45, 7) is 1.78. The Morgan fingerprint density at radius 2 is 1.71 bits per heavy atom. The molecule has 0 aliphatic carbocycles. The molecule has 0 bridgehead atoms. The molecule has 0 radical (unpaired) electrons. The molecule has 0 aliphatic rings. The largest absolute Gasteiger partial charge is 0.481 e. The average molecular weight is 247 g/mol. The van der Waals surface area contributed by atoms with E-state index in [1.807, 2.05) is 0 Å². The maximum absolute atomic E-state index is 11.5. The standard InChI is InChI=1S/C11H21NO5/c1-8(11(16-2)17-3)12-9(13)6-4-5-7-10(14)15/h8,11H,4-7H2,1-3H3,(H,12,13)(H,14,15). The highest BCUT2D eigenvalue weighted by Gasteiger charge is 2.17. The molecule has 0 aromatic heterocycles. The van der Waals surface area contributed by atoms with Crippen LogP contribution in [0.5, 0.6) is 0 Å². The second kappa shape index (κ2) is 8.95. The smallest absolute Gasteiger partial charge is 0.303 e. The number of carbonyl (C=O) groups excluding carboxylic acids is 1. The highest BCUT2D eigenvalue weighted by molar-refractivity contribution is 5.76. The zero-order chi connectivity index (χ0) is 13.3. The van der Waals surface area contributed by atoms with Crippen LogP contribution in [0.2, 0.25) is 0 Å². The van der Waals surface area contributed by atoms with E-state index >= 15 is 0 Å². The Bertz CT molecular complexity index is 240. The second-order valence-corrected chi connectivity index (χ2v) is 3.80. The summed E-state index contributed by atoms with van der Waals surface area (Å²) in [5.41, 5.74) is 0. The Kier molecular flexibility index (Phi) is 8.35. The van der Waals surface area contributed by atoms with Crippen LogP contribution in [0.25, 0.3) is 0 Å². The molecular weight excluding hydrogens is 226 g/mol. The predicted molar refractivity (Wildman–Crippen MR) is 61.5 cm³/mol. The highest BCUT2D eigenvalue weighted by Crippen LogP contribution is 2.02. The first-order valence-corrected chi connectivity index (χ1v) is 5.58. The van der Waals surface area contributed by atoms with Crippen LogP contribution < -0.4 is 5.32 Å². The first-order chi connectivity index (χ1) is 8.01. The van der Waals surface area contributed by atoms with Gasteiger partial charge in [-0.05, 0) is 19.8 Å². The molecule has 17 heavy (non-hydrogen) atoms. The van der Waals surface area contributed by atoms with E-state index in [2.05, 4.69) is 5.32 Å². The summed E-state index contributed by atoms with van der Waals surface area (Å²) in [5, 5.41) is 11.2. The van der Waals surface area contributed by atoms with Crippen LogP contribution in [0.1, 0.15) is 32.6 Å². The van der Waals surface area contributed by atoms with Crippen LogP contribution in [0.15, 0.2) is 0 Å². The lowest BCUT2D eigenvalue weighted by Gasteiger charge is -2.22. The van der Waals surface area contributed by atoms with Crippen molar-refractivity contribution in [3.05, 3.63) is 0 Å². The fourth-order valence-corrected chi connectivity index (χ4v) is 1.46. The molecule has 6 nitrogen and oxygen atoms in total. The molecule has 1 atom stereocenters. The zero-order valence-electron chi connectivity index (χ0n) is 10.6. The number of carboxylic acid groups (broad SMARTS) is 1. The maximum atomic E-state index is 11.5. The van der Waals surface area contributed by atoms with E-state index < -0.39 is 12.3 Å². The summed E-state index contributed by atoms with van der Waals surface area (Å²) in [7, 11) is 3.01. The number of rotatable bonds is 9. The van der Waals surface area contributed by atoms with Crippen molar-refractivity contribution in [3.63, 3.8) is 0 Å². The summed E-state index contributed by atoms with van der Waals surface area (Å²) >= 11 is 0. The van der Waals surface area contributed by atoms with Gasteiger partial charge in [0.25, 0.3) is 0 Å². The van der Waals surface area contributed by atoms with Crippen molar-refractivity contribution in [1.29, 1.82) is 0 Å². The number of nitrogens with one attached hydrogen (secondary N) is 1. The molecule has 6 heteroatoms. The van der Waals surface area contributed by atoms with E-state index in [0.717, 1.165) is 0 Å². The zero-order valence-corrected chi connectivity index (χ0v) is 10.6. The first-order valence-electron chi connectivity index (χ1n) is 5.58. The predicted octanol–water partition coefficient (Wildman–Crippen LogP) is 0.755. The summed E-state index contributed by atoms with van der Waals surface area (Å²) in [4.78, 5) is 21.7. The molecule has 0 rings (SSSR count). The van der Waals surface area contributed by atoms with Gasteiger partial charge in [-0.2, -0.15) is 0 Å². The minimum atomic E-state index is -0.836. The van der Waals surface area contributed by atoms with Crippen molar-refractivity contribution in [1.82, 2.24) is 5.32 Å². The van der Waals surface area contributed by atoms with Crippen LogP contribution in [-0.2, 0) is 19.1 Å². The second-order valence-electron chi connectivity index (χ2n) is 3.80. The third-order valence-electron chi connectivity index (χ3n) is 2.31. The fraction of sp³-hybridized carbons (Fsp3) is 0.818. The Hall–Kier alpha value is -1.14. The maximum Gasteiger partial charge on any atom is 0.303 e. The molecule has 0 fully saturated rings. The number of amides is 1. The van der Waals surface area contributed by atoms with Crippen molar-refractivity contribution in [2.24, 2.45) is 0 Å². The van der Waals surface area contributed by atoms with E-state index in [4.69, 9.17) is 14.6 Å². The van der Waals surface area contributed by atoms with Gasteiger partial charge in [-0.15, -0.1) is 0 Å². The fourth-order valence-electron chi connectivity index (χ4n) is 1.46. The minimum Gasteiger partial charge on any atom is -0.481 e. The van der Waals surface area contributed by atoms with Crippen molar-refractivity contribution >= 4 is 11.9 Å². The molecule has 0 aromatic carbocycles. The number of hydrogen-bond acceptors (Lipinski definition) is 4. The number of carbonyl (C=O) groups is 2. The summed E-state index contributed by atoms with van der Waals surface area (Å²) in [5.74, 6) is -0.959. The van der Waals surface area contributed by atoms with Crippen LogP contribution in [0, 0.1) is 0 Å². The highest BCUT2D eigenvalue weighted by atomic mass is 16.7. The SMILES string of the molecule is COC(OC)C(C)NC(=O)CCCCC(=O)O. The van der Waals surface area contributed by atoms with Gasteiger partial charge in [0.15, 0.2) is 6.29 Å². The van der Waals surface area contributed by atoms with E-state index in [9.17, 15) is 9.59 Å². The van der Waals surface area contributed by atoms with Gasteiger partial charge >= 0.3 is 5.97 Å². The van der Waals surface area contributed by atoms with E-state index in [-0.39, 0.29) is 18.4 Å². The van der Waals surface area contributed by atoms with Crippen molar-refractivity contribution < 1.29 is 24.2 Å². The monoisotopic (exact) mass is 247 g/mol. The Morgan fingerprint density at radius 1 is 1.18 bits per heavy atom. The first kappa shape index (κ1) is 15.9. The van der Waals surface area contributed by atoms with Gasteiger partial charge in [-0.25, -0.2) is 0 Å². The van der Waals surface area contributed by atoms with E-state index in [1.54, 1.807) is 6.92 Å². The van der Waals surface area contributed by atoms with Gasteiger partial charge in [0.1, 0.15) is 0 Å². The molecule has 0 aliphatic heterocycles. The number of aliphatic carboxylic acids is 1. The van der Waals surface area contributed by atoms with Gasteiger partial charge in [-0.3, -0.25) is 9.59 Å². The molecular formula is C11H21NO5. The number of ether oxygens (including phenoxy) is 2. The lowest BCUT2D eigenvalue weighted by molar-refractivity contribution is -0.138. The molecule has 0 saturated carbocycles. The Balaban J connectivity index is 3.74. The molecule has 0 spiro atoms. The molecule has 2 N–H and O–H groups in total. The lowest BCUT2D eigenvalue weighted by atomic mass is 10.2. The van der Waals surface area contributed by atoms with Gasteiger partial charge in [0, 0.05) is 27.1 Å². The summed E-state index contributed by atoms with van der Waals surface area (Å²) < 4.78 is 10.0. The summed E-state index contributed by atoms with van der Waals surface area (Å²) in [6.07, 6.45) is 1.02. The van der Waals surface area contributed by atoms with Crippen LogP contribution in [0.3, 0.4) is 0 Å². The molecule has 0 heterocycles. The normalized spacial score (nSPS) is 12.5. The minimum absolute atomic E-state index is 0.0988. The van der Waals surface area contributed by atoms with E-state index in [1.165, 1.54) is 14.2 Å². The number of hydrogen-bond donors (Lipinski definition) is 2. The van der Waals surface area contributed by atoms with Crippen molar-refractivity contribution in [2.45, 2.75) is 44.9 Å².